The minimum atomic E-state index is 0.622. The van der Waals surface area contributed by atoms with Gasteiger partial charge in [-0.2, -0.15) is 11.8 Å². The molecule has 0 heterocycles. The van der Waals surface area contributed by atoms with Crippen molar-refractivity contribution in [2.45, 2.75) is 25.0 Å². The lowest BCUT2D eigenvalue weighted by molar-refractivity contribution is 0.802. The second kappa shape index (κ2) is 7.27. The third-order valence-corrected chi connectivity index (χ3v) is 4.32. The molecule has 0 radical (unpaired) electrons. The average molecular weight is 256 g/mol. The Balaban J connectivity index is 1.99. The van der Waals surface area contributed by atoms with Crippen LogP contribution >= 0.6 is 11.8 Å². The van der Waals surface area contributed by atoms with Crippen LogP contribution < -0.4 is 0 Å². The van der Waals surface area contributed by atoms with E-state index >= 15 is 0 Å². The first-order valence-corrected chi connectivity index (χ1v) is 7.65. The van der Waals surface area contributed by atoms with E-state index in [4.69, 9.17) is 0 Å². The molecular formula is C17H20S. The Labute approximate surface area is 114 Å². The molecule has 2 rings (SSSR count). The molecule has 2 aromatic rings. The molecular weight excluding hydrogens is 236 g/mol. The van der Waals surface area contributed by atoms with E-state index in [0.717, 1.165) is 6.42 Å². The molecule has 0 aromatic heterocycles. The van der Waals surface area contributed by atoms with Gasteiger partial charge in [0.15, 0.2) is 0 Å². The van der Waals surface area contributed by atoms with Gasteiger partial charge in [-0.05, 0) is 29.7 Å². The highest BCUT2D eigenvalue weighted by Crippen LogP contribution is 2.32. The summed E-state index contributed by atoms with van der Waals surface area (Å²) in [4.78, 5) is 0. The average Bonchev–Trinajstić information content (AvgIpc) is 2.45. The predicted molar refractivity (Wildman–Crippen MR) is 82.1 cm³/mol. The highest BCUT2D eigenvalue weighted by atomic mass is 32.2. The number of aryl methyl sites for hydroxylation is 1. The second-order valence-electron chi connectivity index (χ2n) is 4.38. The third kappa shape index (κ3) is 3.92. The lowest BCUT2D eigenvalue weighted by atomic mass is 10.0. The number of thioether (sulfide) groups is 1. The minimum Gasteiger partial charge on any atom is -0.154 e. The van der Waals surface area contributed by atoms with Gasteiger partial charge in [0, 0.05) is 5.25 Å². The SMILES string of the molecule is CCSC(CCc1ccccc1)c1ccccc1. The molecule has 0 aliphatic carbocycles. The maximum absolute atomic E-state index is 2.25. The fourth-order valence-electron chi connectivity index (χ4n) is 2.16. The van der Waals surface area contributed by atoms with Gasteiger partial charge in [-0.3, -0.25) is 0 Å². The quantitative estimate of drug-likeness (QED) is 0.691. The Morgan fingerprint density at radius 2 is 1.50 bits per heavy atom. The van der Waals surface area contributed by atoms with E-state index in [0.29, 0.717) is 5.25 Å². The van der Waals surface area contributed by atoms with Gasteiger partial charge in [0.2, 0.25) is 0 Å². The summed E-state index contributed by atoms with van der Waals surface area (Å²) in [7, 11) is 0. The summed E-state index contributed by atoms with van der Waals surface area (Å²) in [6.07, 6.45) is 2.37. The smallest absolute Gasteiger partial charge is 0.0300 e. The molecule has 18 heavy (non-hydrogen) atoms. The van der Waals surface area contributed by atoms with Gasteiger partial charge in [0.25, 0.3) is 0 Å². The Bertz CT molecular complexity index is 436. The Kier molecular flexibility index (Phi) is 5.35. The van der Waals surface area contributed by atoms with Crippen molar-refractivity contribution in [3.63, 3.8) is 0 Å². The number of hydrogen-bond acceptors (Lipinski definition) is 1. The highest BCUT2D eigenvalue weighted by Gasteiger charge is 2.10. The first-order chi connectivity index (χ1) is 8.90. The van der Waals surface area contributed by atoms with Crippen LogP contribution in [0.5, 0.6) is 0 Å². The molecule has 0 saturated carbocycles. The molecule has 1 heteroatoms. The van der Waals surface area contributed by atoms with Crippen molar-refractivity contribution in [3.05, 3.63) is 71.8 Å². The Morgan fingerprint density at radius 1 is 0.889 bits per heavy atom. The van der Waals surface area contributed by atoms with E-state index in [1.807, 2.05) is 11.8 Å². The summed E-state index contributed by atoms with van der Waals surface area (Å²) in [5, 5.41) is 0.622. The van der Waals surface area contributed by atoms with Crippen molar-refractivity contribution in [2.24, 2.45) is 0 Å². The summed E-state index contributed by atoms with van der Waals surface area (Å²) < 4.78 is 0. The first kappa shape index (κ1) is 13.2. The summed E-state index contributed by atoms with van der Waals surface area (Å²) in [6, 6.07) is 21.6. The van der Waals surface area contributed by atoms with Crippen molar-refractivity contribution < 1.29 is 0 Å². The molecule has 94 valence electrons. The molecule has 0 saturated heterocycles. The van der Waals surface area contributed by atoms with Crippen molar-refractivity contribution in [2.75, 3.05) is 5.75 Å². The lowest BCUT2D eigenvalue weighted by Crippen LogP contribution is -1.97. The van der Waals surface area contributed by atoms with Crippen LogP contribution in [0, 0.1) is 0 Å². The van der Waals surface area contributed by atoms with E-state index in [1.54, 1.807) is 0 Å². The van der Waals surface area contributed by atoms with E-state index in [2.05, 4.69) is 67.6 Å². The fourth-order valence-corrected chi connectivity index (χ4v) is 3.19. The predicted octanol–water partition coefficient (Wildman–Crippen LogP) is 5.11. The number of rotatable bonds is 6. The lowest BCUT2D eigenvalue weighted by Gasteiger charge is -2.16. The monoisotopic (exact) mass is 256 g/mol. The maximum atomic E-state index is 2.25. The van der Waals surface area contributed by atoms with Crippen LogP contribution in [0.1, 0.15) is 29.7 Å². The second-order valence-corrected chi connectivity index (χ2v) is 5.86. The molecule has 0 N–H and O–H groups in total. The molecule has 0 aliphatic heterocycles. The number of hydrogen-bond donors (Lipinski definition) is 0. The molecule has 0 amide bonds. The zero-order valence-electron chi connectivity index (χ0n) is 10.9. The van der Waals surface area contributed by atoms with Gasteiger partial charge in [-0.25, -0.2) is 0 Å². The van der Waals surface area contributed by atoms with E-state index in [-0.39, 0.29) is 0 Å². The van der Waals surface area contributed by atoms with Crippen LogP contribution in [0.15, 0.2) is 60.7 Å². The molecule has 2 aromatic carbocycles. The van der Waals surface area contributed by atoms with Crippen LogP contribution in [-0.2, 0) is 6.42 Å². The summed E-state index contributed by atoms with van der Waals surface area (Å²) in [5.74, 6) is 1.17. The molecule has 0 aliphatic rings. The van der Waals surface area contributed by atoms with Crippen LogP contribution in [0.3, 0.4) is 0 Å². The van der Waals surface area contributed by atoms with Gasteiger partial charge in [0.05, 0.1) is 0 Å². The van der Waals surface area contributed by atoms with Crippen molar-refractivity contribution in [1.29, 1.82) is 0 Å². The van der Waals surface area contributed by atoms with Gasteiger partial charge in [-0.15, -0.1) is 0 Å². The molecule has 0 nitrogen and oxygen atoms in total. The first-order valence-electron chi connectivity index (χ1n) is 6.60. The largest absolute Gasteiger partial charge is 0.154 e. The molecule has 0 bridgehead atoms. The fraction of sp³-hybridized carbons (Fsp3) is 0.294. The van der Waals surface area contributed by atoms with E-state index in [9.17, 15) is 0 Å². The van der Waals surface area contributed by atoms with E-state index < -0.39 is 0 Å². The zero-order chi connectivity index (χ0) is 12.6. The van der Waals surface area contributed by atoms with Crippen molar-refractivity contribution >= 4 is 11.8 Å². The Morgan fingerprint density at radius 3 is 2.11 bits per heavy atom. The molecule has 0 fully saturated rings. The summed E-state index contributed by atoms with van der Waals surface area (Å²) in [6.45, 7) is 2.24. The third-order valence-electron chi connectivity index (χ3n) is 3.08. The highest BCUT2D eigenvalue weighted by molar-refractivity contribution is 7.99. The summed E-state index contributed by atoms with van der Waals surface area (Å²) >= 11 is 2.05. The molecule has 0 spiro atoms. The molecule has 1 unspecified atom stereocenters. The van der Waals surface area contributed by atoms with Crippen LogP contribution in [0.25, 0.3) is 0 Å². The van der Waals surface area contributed by atoms with E-state index in [1.165, 1.54) is 23.3 Å². The van der Waals surface area contributed by atoms with Gasteiger partial charge in [0.1, 0.15) is 0 Å². The zero-order valence-corrected chi connectivity index (χ0v) is 11.7. The normalized spacial score (nSPS) is 12.3. The minimum absolute atomic E-state index is 0.622. The number of benzene rings is 2. The van der Waals surface area contributed by atoms with Crippen molar-refractivity contribution in [3.8, 4) is 0 Å². The van der Waals surface area contributed by atoms with Crippen LogP contribution in [-0.4, -0.2) is 5.75 Å². The van der Waals surface area contributed by atoms with Gasteiger partial charge >= 0.3 is 0 Å². The maximum Gasteiger partial charge on any atom is 0.0300 e. The van der Waals surface area contributed by atoms with Gasteiger partial charge < -0.3 is 0 Å². The van der Waals surface area contributed by atoms with Crippen LogP contribution in [0.2, 0.25) is 0 Å². The Hall–Kier alpha value is -1.21. The summed E-state index contributed by atoms with van der Waals surface area (Å²) in [5.41, 5.74) is 2.90. The van der Waals surface area contributed by atoms with Crippen LogP contribution in [0.4, 0.5) is 0 Å². The molecule has 1 atom stereocenters. The van der Waals surface area contributed by atoms with Crippen molar-refractivity contribution in [1.82, 2.24) is 0 Å². The standard InChI is InChI=1S/C17H20S/c1-2-18-17(16-11-7-4-8-12-16)14-13-15-9-5-3-6-10-15/h3-12,17H,2,13-14H2,1H3. The van der Waals surface area contributed by atoms with Gasteiger partial charge in [-0.1, -0.05) is 67.6 Å². The topological polar surface area (TPSA) is 0 Å².